The summed E-state index contributed by atoms with van der Waals surface area (Å²) in [5.41, 5.74) is -0.768. The van der Waals surface area contributed by atoms with Crippen molar-refractivity contribution in [1.29, 1.82) is 0 Å². The quantitative estimate of drug-likeness (QED) is 0.766. The molecule has 2 aromatic rings. The summed E-state index contributed by atoms with van der Waals surface area (Å²) in [6.45, 7) is 2.02. The number of methoxy groups -OCH3 is 1. The van der Waals surface area contributed by atoms with E-state index >= 15 is 0 Å². The van der Waals surface area contributed by atoms with Crippen molar-refractivity contribution in [3.05, 3.63) is 31.3 Å². The fraction of sp³-hybridized carbons (Fsp3) is 0.533. The van der Waals surface area contributed by atoms with Crippen LogP contribution in [0.15, 0.2) is 9.59 Å². The summed E-state index contributed by atoms with van der Waals surface area (Å²) in [4.78, 5) is 37.4. The third-order valence-electron chi connectivity index (χ3n) is 4.34. The van der Waals surface area contributed by atoms with Crippen LogP contribution in [0.3, 0.4) is 0 Å². The summed E-state index contributed by atoms with van der Waals surface area (Å²) < 4.78 is 33.6. The van der Waals surface area contributed by atoms with E-state index in [1.165, 1.54) is 11.7 Å². The van der Waals surface area contributed by atoms with Crippen molar-refractivity contribution in [3.8, 4) is 0 Å². The van der Waals surface area contributed by atoms with Crippen molar-refractivity contribution >= 4 is 27.8 Å². The lowest BCUT2D eigenvalue weighted by atomic mass is 9.88. The van der Waals surface area contributed by atoms with Crippen molar-refractivity contribution in [1.82, 2.24) is 9.13 Å². The molecule has 0 amide bonds. The van der Waals surface area contributed by atoms with Gasteiger partial charge in [0.15, 0.2) is 6.29 Å². The minimum Gasteiger partial charge on any atom is -0.383 e. The first-order chi connectivity index (χ1) is 11.3. The number of hydrogen-bond donors (Lipinski definition) is 0. The second kappa shape index (κ2) is 5.89. The number of aryl methyl sites for hydroxylation is 1. The van der Waals surface area contributed by atoms with E-state index in [9.17, 15) is 23.2 Å². The molecule has 2 aromatic heterocycles. The SMILES string of the molecule is COCCn1c(=O)n(C2CC(F)(F)C2)c(=O)c2c(C)c(C=O)sc21. The van der Waals surface area contributed by atoms with Crippen molar-refractivity contribution in [2.24, 2.45) is 0 Å². The van der Waals surface area contributed by atoms with Crippen molar-refractivity contribution in [2.45, 2.75) is 38.3 Å². The van der Waals surface area contributed by atoms with Crippen LogP contribution >= 0.6 is 11.3 Å². The monoisotopic (exact) mass is 358 g/mol. The molecule has 1 saturated carbocycles. The molecule has 0 unspecified atom stereocenters. The van der Waals surface area contributed by atoms with Crippen molar-refractivity contribution in [2.75, 3.05) is 13.7 Å². The van der Waals surface area contributed by atoms with Crippen LogP contribution in [0.25, 0.3) is 10.2 Å². The number of nitrogens with zero attached hydrogens (tertiary/aromatic N) is 2. The Bertz CT molecular complexity index is 920. The Morgan fingerprint density at radius 2 is 2.04 bits per heavy atom. The van der Waals surface area contributed by atoms with Crippen LogP contribution in [-0.2, 0) is 11.3 Å². The number of alkyl halides is 2. The average Bonchev–Trinajstić information content (AvgIpc) is 2.82. The van der Waals surface area contributed by atoms with Gasteiger partial charge >= 0.3 is 5.69 Å². The minimum atomic E-state index is -2.85. The number of aromatic nitrogens is 2. The van der Waals surface area contributed by atoms with Gasteiger partial charge in [-0.05, 0) is 12.5 Å². The molecule has 130 valence electrons. The number of thiophene rings is 1. The molecular formula is C15H16F2N2O4S. The van der Waals surface area contributed by atoms with Gasteiger partial charge in [0.05, 0.1) is 29.5 Å². The molecule has 3 rings (SSSR count). The number of aldehydes is 1. The molecule has 9 heteroatoms. The Labute approximate surface area is 139 Å². The zero-order chi connectivity index (χ0) is 17.6. The van der Waals surface area contributed by atoms with Crippen LogP contribution in [-0.4, -0.2) is 35.1 Å². The van der Waals surface area contributed by atoms with E-state index in [0.717, 1.165) is 15.9 Å². The highest BCUT2D eigenvalue weighted by molar-refractivity contribution is 7.20. The molecule has 2 heterocycles. The summed E-state index contributed by atoms with van der Waals surface area (Å²) in [6.07, 6.45) is -0.421. The van der Waals surface area contributed by atoms with Crippen LogP contribution in [0.4, 0.5) is 8.78 Å². The molecule has 0 radical (unpaired) electrons. The highest BCUT2D eigenvalue weighted by Gasteiger charge is 2.47. The second-order valence-corrected chi connectivity index (χ2v) is 6.94. The first-order valence-electron chi connectivity index (χ1n) is 7.41. The Hall–Kier alpha value is -1.87. The zero-order valence-electron chi connectivity index (χ0n) is 13.2. The number of rotatable bonds is 5. The van der Waals surface area contributed by atoms with Crippen LogP contribution in [0.2, 0.25) is 0 Å². The summed E-state index contributed by atoms with van der Waals surface area (Å²) in [5, 5.41) is 0.244. The van der Waals surface area contributed by atoms with Crippen LogP contribution < -0.4 is 11.2 Å². The number of halogens is 2. The molecule has 0 aromatic carbocycles. The van der Waals surface area contributed by atoms with E-state index in [0.29, 0.717) is 21.6 Å². The molecule has 1 aliphatic rings. The van der Waals surface area contributed by atoms with E-state index in [2.05, 4.69) is 0 Å². The zero-order valence-corrected chi connectivity index (χ0v) is 14.0. The van der Waals surface area contributed by atoms with Crippen LogP contribution in [0, 0.1) is 6.92 Å². The first kappa shape index (κ1) is 17.0. The number of ether oxygens (including phenoxy) is 1. The second-order valence-electron chi connectivity index (χ2n) is 5.91. The minimum absolute atomic E-state index is 0.174. The van der Waals surface area contributed by atoms with Gasteiger partial charge in [0.2, 0.25) is 0 Å². The van der Waals surface area contributed by atoms with Gasteiger partial charge in [-0.15, -0.1) is 11.3 Å². The van der Waals surface area contributed by atoms with Gasteiger partial charge in [-0.2, -0.15) is 0 Å². The molecule has 0 saturated heterocycles. The number of carbonyl (C=O) groups is 1. The predicted octanol–water partition coefficient (Wildman–Crippen LogP) is 1.96. The van der Waals surface area contributed by atoms with E-state index in [4.69, 9.17) is 4.74 Å². The lowest BCUT2D eigenvalue weighted by molar-refractivity contribution is -0.106. The Kier molecular flexibility index (Phi) is 4.16. The van der Waals surface area contributed by atoms with Crippen LogP contribution in [0.5, 0.6) is 0 Å². The standard InChI is InChI=1S/C15H16F2N2O4S/c1-8-10(7-20)24-13-11(8)12(21)19(9-5-15(16,17)6-9)14(22)18(13)3-4-23-2/h7,9H,3-6H2,1-2H3. The van der Waals surface area contributed by atoms with Gasteiger partial charge < -0.3 is 4.74 Å². The lowest BCUT2D eigenvalue weighted by Crippen LogP contribution is -2.49. The van der Waals surface area contributed by atoms with E-state index < -0.39 is 36.1 Å². The fourth-order valence-electron chi connectivity index (χ4n) is 3.01. The van der Waals surface area contributed by atoms with Gasteiger partial charge in [0.25, 0.3) is 11.5 Å². The van der Waals surface area contributed by atoms with Gasteiger partial charge in [0.1, 0.15) is 4.83 Å². The molecule has 0 spiro atoms. The first-order valence-corrected chi connectivity index (χ1v) is 8.22. The predicted molar refractivity (Wildman–Crippen MR) is 85.6 cm³/mol. The van der Waals surface area contributed by atoms with Gasteiger partial charge in [-0.25, -0.2) is 13.6 Å². The molecule has 1 aliphatic carbocycles. The largest absolute Gasteiger partial charge is 0.383 e. The van der Waals surface area contributed by atoms with Gasteiger partial charge in [-0.1, -0.05) is 0 Å². The number of hydrogen-bond acceptors (Lipinski definition) is 5. The lowest BCUT2D eigenvalue weighted by Gasteiger charge is -2.35. The smallest absolute Gasteiger partial charge is 0.332 e. The number of carbonyl (C=O) groups excluding carboxylic acids is 1. The van der Waals surface area contributed by atoms with Crippen molar-refractivity contribution in [3.63, 3.8) is 0 Å². The molecule has 24 heavy (non-hydrogen) atoms. The average molecular weight is 358 g/mol. The Morgan fingerprint density at radius 3 is 2.58 bits per heavy atom. The summed E-state index contributed by atoms with van der Waals surface area (Å²) in [6, 6.07) is -0.822. The fourth-order valence-corrected chi connectivity index (χ4v) is 4.14. The maximum Gasteiger partial charge on any atom is 0.332 e. The molecule has 0 atom stereocenters. The van der Waals surface area contributed by atoms with E-state index in [1.54, 1.807) is 6.92 Å². The van der Waals surface area contributed by atoms with Gasteiger partial charge in [0, 0.05) is 20.0 Å². The van der Waals surface area contributed by atoms with E-state index in [1.807, 2.05) is 0 Å². The molecule has 0 bridgehead atoms. The maximum absolute atomic E-state index is 13.2. The van der Waals surface area contributed by atoms with E-state index in [-0.39, 0.29) is 18.5 Å². The molecule has 1 fully saturated rings. The Morgan fingerprint density at radius 1 is 1.38 bits per heavy atom. The summed E-state index contributed by atoms with van der Waals surface area (Å²) in [7, 11) is 1.47. The maximum atomic E-state index is 13.2. The van der Waals surface area contributed by atoms with Gasteiger partial charge in [-0.3, -0.25) is 18.7 Å². The Balaban J connectivity index is 2.28. The van der Waals surface area contributed by atoms with Crippen molar-refractivity contribution < 1.29 is 18.3 Å². The third kappa shape index (κ3) is 2.51. The summed E-state index contributed by atoms with van der Waals surface area (Å²) in [5.74, 6) is -2.85. The molecule has 0 N–H and O–H groups in total. The third-order valence-corrected chi connectivity index (χ3v) is 5.58. The highest BCUT2D eigenvalue weighted by atomic mass is 32.1. The molecule has 6 nitrogen and oxygen atoms in total. The summed E-state index contributed by atoms with van der Waals surface area (Å²) >= 11 is 1.05. The van der Waals surface area contributed by atoms with Crippen LogP contribution in [0.1, 0.15) is 34.1 Å². The molecule has 0 aliphatic heterocycles. The molecular weight excluding hydrogens is 342 g/mol. The normalized spacial score (nSPS) is 17.2. The topological polar surface area (TPSA) is 70.3 Å². The highest BCUT2D eigenvalue weighted by Crippen LogP contribution is 2.44. The number of fused-ring (bicyclic) bond motifs is 1.